The van der Waals surface area contributed by atoms with Crippen molar-refractivity contribution in [1.29, 1.82) is 0 Å². The van der Waals surface area contributed by atoms with Gasteiger partial charge in [-0.05, 0) is 55.9 Å². The van der Waals surface area contributed by atoms with E-state index in [9.17, 15) is 22.8 Å². The van der Waals surface area contributed by atoms with Crippen molar-refractivity contribution in [3.63, 3.8) is 0 Å². The molecule has 47 heavy (non-hydrogen) atoms. The molecule has 2 aromatic heterocycles. The van der Waals surface area contributed by atoms with Crippen molar-refractivity contribution in [1.82, 2.24) is 24.8 Å². The van der Waals surface area contributed by atoms with Gasteiger partial charge in [0.2, 0.25) is 23.6 Å². The highest BCUT2D eigenvalue weighted by atomic mass is 19.4. The molecule has 0 radical (unpaired) electrons. The van der Waals surface area contributed by atoms with Crippen LogP contribution in [0.4, 0.5) is 42.0 Å². The van der Waals surface area contributed by atoms with Gasteiger partial charge >= 0.3 is 6.18 Å². The molecule has 0 spiro atoms. The Bertz CT molecular complexity index is 1610. The molecule has 1 saturated heterocycles. The number of hydrogen-bond acceptors (Lipinski definition) is 9. The number of halogens is 3. The second-order valence-corrected chi connectivity index (χ2v) is 12.3. The van der Waals surface area contributed by atoms with Crippen LogP contribution in [0, 0.1) is 12.8 Å². The Balaban J connectivity index is 1.51. The van der Waals surface area contributed by atoms with Crippen LogP contribution in [0.1, 0.15) is 69.2 Å². The van der Waals surface area contributed by atoms with E-state index in [4.69, 9.17) is 4.74 Å². The maximum absolute atomic E-state index is 14.2. The van der Waals surface area contributed by atoms with Gasteiger partial charge in [-0.3, -0.25) is 14.5 Å². The summed E-state index contributed by atoms with van der Waals surface area (Å²) in [4.78, 5) is 41.0. The van der Waals surface area contributed by atoms with Crippen LogP contribution in [0.25, 0.3) is 0 Å². The number of pyridine rings is 1. The third kappa shape index (κ3) is 7.92. The van der Waals surface area contributed by atoms with Crippen LogP contribution in [-0.4, -0.2) is 69.4 Å². The first kappa shape index (κ1) is 33.9. The summed E-state index contributed by atoms with van der Waals surface area (Å²) >= 11 is 0. The predicted molar refractivity (Wildman–Crippen MR) is 173 cm³/mol. The summed E-state index contributed by atoms with van der Waals surface area (Å²) in [5.74, 6) is -0.185. The smallest absolute Gasteiger partial charge is 0.421 e. The van der Waals surface area contributed by atoms with E-state index in [1.54, 1.807) is 32.2 Å². The molecule has 3 heterocycles. The van der Waals surface area contributed by atoms with Crippen LogP contribution < -0.4 is 20.7 Å². The number of ether oxygens (including phenoxy) is 1. The van der Waals surface area contributed by atoms with E-state index in [2.05, 4.69) is 42.7 Å². The standard InChI is InChI=1S/C33H41F3N8O3/c1-19-16-37-29(47-5)15-27(19)41-32-38-17-25(33(34,35)36)31(42-32)40-26-11-10-24(14-28(26)39-21(3)45)30(23-8-6-7-9-23)44-13-12-43(22(4)46)18-20(44)2/h10-11,14-17,20,23,30H,6-9,12-13,18H2,1-5H3,(H,39,45)(H2,37,38,40,41,42)/t20-,30?/m0/s1. The number of piperazine rings is 1. The lowest BCUT2D eigenvalue weighted by Gasteiger charge is -2.46. The lowest BCUT2D eigenvalue weighted by Crippen LogP contribution is -2.55. The first-order valence-electron chi connectivity index (χ1n) is 15.8. The number of aryl methyl sites for hydroxylation is 1. The number of aromatic nitrogens is 3. The van der Waals surface area contributed by atoms with Gasteiger partial charge in [0.1, 0.15) is 11.4 Å². The van der Waals surface area contributed by atoms with E-state index < -0.39 is 17.6 Å². The number of carbonyl (C=O) groups excluding carboxylic acids is 2. The van der Waals surface area contributed by atoms with E-state index in [1.165, 1.54) is 14.0 Å². The zero-order chi connectivity index (χ0) is 33.9. The third-order valence-corrected chi connectivity index (χ3v) is 8.90. The molecule has 1 aliphatic heterocycles. The van der Waals surface area contributed by atoms with Crippen molar-refractivity contribution in [3.8, 4) is 5.88 Å². The summed E-state index contributed by atoms with van der Waals surface area (Å²) in [6, 6.07) is 7.15. The average Bonchev–Trinajstić information content (AvgIpc) is 3.54. The lowest BCUT2D eigenvalue weighted by molar-refractivity contribution is -0.137. The molecule has 14 heteroatoms. The fraction of sp³-hybridized carbons (Fsp3) is 0.485. The minimum Gasteiger partial charge on any atom is -0.481 e. The number of alkyl halides is 3. The highest BCUT2D eigenvalue weighted by Crippen LogP contribution is 2.43. The largest absolute Gasteiger partial charge is 0.481 e. The molecule has 3 aromatic rings. The van der Waals surface area contributed by atoms with E-state index in [-0.39, 0.29) is 35.5 Å². The van der Waals surface area contributed by atoms with Gasteiger partial charge in [-0.1, -0.05) is 18.9 Å². The number of methoxy groups -OCH3 is 1. The number of benzene rings is 1. The first-order chi connectivity index (χ1) is 22.3. The average molecular weight is 655 g/mol. The van der Waals surface area contributed by atoms with Gasteiger partial charge in [0.15, 0.2) is 0 Å². The van der Waals surface area contributed by atoms with Gasteiger partial charge in [-0.2, -0.15) is 18.2 Å². The molecule has 5 rings (SSSR count). The van der Waals surface area contributed by atoms with E-state index >= 15 is 0 Å². The van der Waals surface area contributed by atoms with Crippen LogP contribution in [0.15, 0.2) is 36.7 Å². The van der Waals surface area contributed by atoms with Crippen molar-refractivity contribution in [3.05, 3.63) is 53.3 Å². The maximum atomic E-state index is 14.2. The van der Waals surface area contributed by atoms with E-state index in [0.717, 1.165) is 37.4 Å². The number of amides is 2. The van der Waals surface area contributed by atoms with Crippen molar-refractivity contribution >= 4 is 40.6 Å². The Morgan fingerprint density at radius 2 is 1.74 bits per heavy atom. The summed E-state index contributed by atoms with van der Waals surface area (Å²) in [6.07, 6.45) is 1.87. The highest BCUT2D eigenvalue weighted by Gasteiger charge is 2.38. The molecule has 252 valence electrons. The van der Waals surface area contributed by atoms with Crippen molar-refractivity contribution in [2.45, 2.75) is 71.6 Å². The summed E-state index contributed by atoms with van der Waals surface area (Å²) in [7, 11) is 1.46. The van der Waals surface area contributed by atoms with Crippen molar-refractivity contribution in [2.75, 3.05) is 42.7 Å². The number of nitrogens with one attached hydrogen (secondary N) is 3. The van der Waals surface area contributed by atoms with Gasteiger partial charge in [0.05, 0.1) is 24.2 Å². The molecule has 2 amide bonds. The molecule has 11 nitrogen and oxygen atoms in total. The van der Waals surface area contributed by atoms with Gasteiger partial charge in [-0.25, -0.2) is 9.97 Å². The molecule has 3 N–H and O–H groups in total. The zero-order valence-electron chi connectivity index (χ0n) is 27.2. The maximum Gasteiger partial charge on any atom is 0.421 e. The normalized spacial score (nSPS) is 18.1. The van der Waals surface area contributed by atoms with E-state index in [0.29, 0.717) is 48.4 Å². The minimum atomic E-state index is -4.75. The van der Waals surface area contributed by atoms with Crippen LogP contribution in [0.5, 0.6) is 5.88 Å². The summed E-state index contributed by atoms with van der Waals surface area (Å²) in [5.41, 5.74) is 1.70. The lowest BCUT2D eigenvalue weighted by atomic mass is 9.88. The molecule has 1 saturated carbocycles. The zero-order valence-corrected chi connectivity index (χ0v) is 27.2. The number of rotatable bonds is 9. The molecule has 1 unspecified atom stereocenters. The Kier molecular flexibility index (Phi) is 10.2. The second-order valence-electron chi connectivity index (χ2n) is 12.3. The van der Waals surface area contributed by atoms with Gasteiger partial charge in [-0.15, -0.1) is 0 Å². The quantitative estimate of drug-likeness (QED) is 0.239. The number of anilines is 5. The van der Waals surface area contributed by atoms with Crippen molar-refractivity contribution < 1.29 is 27.5 Å². The van der Waals surface area contributed by atoms with Crippen LogP contribution in [0.3, 0.4) is 0 Å². The predicted octanol–water partition coefficient (Wildman–Crippen LogP) is 6.44. The second kappa shape index (κ2) is 14.1. The van der Waals surface area contributed by atoms with Crippen molar-refractivity contribution in [2.24, 2.45) is 5.92 Å². The number of carbonyl (C=O) groups is 2. The summed E-state index contributed by atoms with van der Waals surface area (Å²) in [5, 5.41) is 8.61. The minimum absolute atomic E-state index is 0.0179. The Morgan fingerprint density at radius 3 is 2.38 bits per heavy atom. The van der Waals surface area contributed by atoms with Gasteiger partial charge in [0, 0.05) is 64.0 Å². The van der Waals surface area contributed by atoms with Gasteiger partial charge < -0.3 is 25.6 Å². The Hall–Kier alpha value is -4.46. The summed E-state index contributed by atoms with van der Waals surface area (Å²) < 4.78 is 47.7. The van der Waals surface area contributed by atoms with Crippen LogP contribution in [-0.2, 0) is 15.8 Å². The first-order valence-corrected chi connectivity index (χ1v) is 15.8. The molecule has 1 aromatic carbocycles. The van der Waals surface area contributed by atoms with Gasteiger partial charge in [0.25, 0.3) is 0 Å². The Morgan fingerprint density at radius 1 is 1.00 bits per heavy atom. The molecule has 2 aliphatic rings. The molecule has 0 bridgehead atoms. The Labute approximate surface area is 272 Å². The molecule has 1 aliphatic carbocycles. The number of nitrogens with zero attached hydrogens (tertiary/aromatic N) is 5. The fourth-order valence-electron chi connectivity index (χ4n) is 6.57. The summed E-state index contributed by atoms with van der Waals surface area (Å²) in [6.45, 7) is 8.77. The molecular formula is C33H41F3N8O3. The monoisotopic (exact) mass is 654 g/mol. The number of hydrogen-bond donors (Lipinski definition) is 3. The highest BCUT2D eigenvalue weighted by molar-refractivity contribution is 5.93. The van der Waals surface area contributed by atoms with Crippen LogP contribution >= 0.6 is 0 Å². The molecular weight excluding hydrogens is 613 g/mol. The van der Waals surface area contributed by atoms with Crippen LogP contribution in [0.2, 0.25) is 0 Å². The fourth-order valence-corrected chi connectivity index (χ4v) is 6.57. The third-order valence-electron chi connectivity index (χ3n) is 8.90. The SMILES string of the molecule is COc1cc(Nc2ncc(C(F)(F)F)c(Nc3ccc(C(C4CCCC4)N4CCN(C(C)=O)C[C@@H]4C)cc3NC(C)=O)n2)c(C)cn1. The molecule has 2 atom stereocenters. The molecule has 2 fully saturated rings. The topological polar surface area (TPSA) is 125 Å². The van der Waals surface area contributed by atoms with E-state index in [1.807, 2.05) is 17.0 Å².